The number of aliphatic hydroxyl groups is 1. The first-order valence-electron chi connectivity index (χ1n) is 6.06. The molecule has 1 saturated carbocycles. The molecule has 3 unspecified atom stereocenters. The summed E-state index contributed by atoms with van der Waals surface area (Å²) in [6, 6.07) is 0.626. The van der Waals surface area contributed by atoms with Gasteiger partial charge in [-0.2, -0.15) is 0 Å². The van der Waals surface area contributed by atoms with Crippen LogP contribution in [-0.4, -0.2) is 29.3 Å². The predicted octanol–water partition coefficient (Wildman–Crippen LogP) is 2.62. The predicted molar refractivity (Wildman–Crippen MR) is 60.1 cm³/mol. The van der Waals surface area contributed by atoms with Crippen molar-refractivity contribution >= 4 is 0 Å². The first kappa shape index (κ1) is 12.0. The number of hydrogen-bond donors (Lipinski definition) is 1. The first-order chi connectivity index (χ1) is 6.66. The van der Waals surface area contributed by atoms with Gasteiger partial charge in [-0.05, 0) is 39.2 Å². The van der Waals surface area contributed by atoms with E-state index < -0.39 is 0 Å². The van der Waals surface area contributed by atoms with Crippen LogP contribution in [0, 0.1) is 5.92 Å². The van der Waals surface area contributed by atoms with E-state index in [1.807, 2.05) is 6.92 Å². The molecule has 0 amide bonds. The molecule has 0 spiro atoms. The third-order valence-electron chi connectivity index (χ3n) is 3.66. The van der Waals surface area contributed by atoms with Gasteiger partial charge in [-0.1, -0.05) is 26.2 Å². The molecule has 0 bridgehead atoms. The molecule has 1 fully saturated rings. The van der Waals surface area contributed by atoms with Gasteiger partial charge in [0.2, 0.25) is 0 Å². The highest BCUT2D eigenvalue weighted by Crippen LogP contribution is 2.33. The average molecular weight is 199 g/mol. The van der Waals surface area contributed by atoms with Crippen molar-refractivity contribution in [2.75, 3.05) is 7.05 Å². The summed E-state index contributed by atoms with van der Waals surface area (Å²) >= 11 is 0. The average Bonchev–Trinajstić information content (AvgIpc) is 2.61. The lowest BCUT2D eigenvalue weighted by molar-refractivity contribution is -0.00368. The molecule has 2 heteroatoms. The van der Waals surface area contributed by atoms with Crippen LogP contribution < -0.4 is 0 Å². The van der Waals surface area contributed by atoms with Gasteiger partial charge in [0, 0.05) is 6.04 Å². The van der Waals surface area contributed by atoms with Crippen LogP contribution in [0.3, 0.4) is 0 Å². The Morgan fingerprint density at radius 1 is 1.43 bits per heavy atom. The molecule has 0 heterocycles. The van der Waals surface area contributed by atoms with Gasteiger partial charge in [0.05, 0.1) is 0 Å². The molecule has 0 aromatic carbocycles. The van der Waals surface area contributed by atoms with Crippen molar-refractivity contribution < 1.29 is 5.11 Å². The summed E-state index contributed by atoms with van der Waals surface area (Å²) in [5, 5.41) is 9.55. The Kier molecular flexibility index (Phi) is 4.90. The van der Waals surface area contributed by atoms with Gasteiger partial charge in [0.1, 0.15) is 6.23 Å². The van der Waals surface area contributed by atoms with Crippen LogP contribution in [0.2, 0.25) is 0 Å². The van der Waals surface area contributed by atoms with Crippen LogP contribution >= 0.6 is 0 Å². The zero-order valence-electron chi connectivity index (χ0n) is 9.87. The fourth-order valence-electron chi connectivity index (χ4n) is 2.63. The standard InChI is InChI=1S/C12H25NO/c1-4-5-7-11-8-6-9-12(11)13(3)10(2)14/h10-12,14H,4-9H2,1-3H3. The van der Waals surface area contributed by atoms with Gasteiger partial charge in [-0.25, -0.2) is 0 Å². The largest absolute Gasteiger partial charge is 0.379 e. The fourth-order valence-corrected chi connectivity index (χ4v) is 2.63. The summed E-state index contributed by atoms with van der Waals surface area (Å²) < 4.78 is 0. The highest BCUT2D eigenvalue weighted by Gasteiger charge is 2.31. The third kappa shape index (κ3) is 2.96. The van der Waals surface area contributed by atoms with Gasteiger partial charge in [-0.3, -0.25) is 4.90 Å². The summed E-state index contributed by atoms with van der Waals surface area (Å²) in [5.41, 5.74) is 0. The van der Waals surface area contributed by atoms with Crippen LogP contribution in [0.4, 0.5) is 0 Å². The Bertz CT molecular complexity index is 158. The second-order valence-corrected chi connectivity index (χ2v) is 4.70. The molecule has 1 rings (SSSR count). The topological polar surface area (TPSA) is 23.5 Å². The van der Waals surface area contributed by atoms with Gasteiger partial charge in [0.25, 0.3) is 0 Å². The lowest BCUT2D eigenvalue weighted by atomic mass is 9.96. The van der Waals surface area contributed by atoms with Gasteiger partial charge >= 0.3 is 0 Å². The Morgan fingerprint density at radius 2 is 2.14 bits per heavy atom. The molecule has 3 atom stereocenters. The van der Waals surface area contributed by atoms with E-state index in [4.69, 9.17) is 0 Å². The van der Waals surface area contributed by atoms with Crippen molar-refractivity contribution in [2.45, 2.75) is 64.6 Å². The van der Waals surface area contributed by atoms with E-state index in [1.54, 1.807) is 0 Å². The SMILES string of the molecule is CCCCC1CCCC1N(C)C(C)O. The number of unbranched alkanes of at least 4 members (excludes halogenated alkanes) is 1. The van der Waals surface area contributed by atoms with E-state index in [-0.39, 0.29) is 6.23 Å². The summed E-state index contributed by atoms with van der Waals surface area (Å²) in [4.78, 5) is 2.15. The normalized spacial score (nSPS) is 29.8. The molecule has 0 aromatic heterocycles. The van der Waals surface area contributed by atoms with Crippen molar-refractivity contribution in [1.29, 1.82) is 0 Å². The molecule has 14 heavy (non-hydrogen) atoms. The molecule has 0 radical (unpaired) electrons. The summed E-state index contributed by atoms with van der Waals surface area (Å²) in [7, 11) is 2.06. The van der Waals surface area contributed by atoms with Gasteiger partial charge < -0.3 is 5.11 Å². The van der Waals surface area contributed by atoms with Crippen LogP contribution in [0.1, 0.15) is 52.4 Å². The van der Waals surface area contributed by atoms with E-state index >= 15 is 0 Å². The van der Waals surface area contributed by atoms with Crippen molar-refractivity contribution in [3.63, 3.8) is 0 Å². The molecular formula is C12H25NO. The lowest BCUT2D eigenvalue weighted by Crippen LogP contribution is -2.40. The number of aliphatic hydroxyl groups excluding tert-OH is 1. The van der Waals surface area contributed by atoms with E-state index in [0.717, 1.165) is 5.92 Å². The Labute approximate surface area is 88.3 Å². The van der Waals surface area contributed by atoms with Crippen molar-refractivity contribution in [2.24, 2.45) is 5.92 Å². The highest BCUT2D eigenvalue weighted by molar-refractivity contribution is 4.84. The van der Waals surface area contributed by atoms with E-state index in [1.165, 1.54) is 38.5 Å². The fraction of sp³-hybridized carbons (Fsp3) is 1.00. The molecule has 1 aliphatic carbocycles. The maximum atomic E-state index is 9.55. The van der Waals surface area contributed by atoms with Crippen molar-refractivity contribution in [1.82, 2.24) is 4.90 Å². The zero-order valence-corrected chi connectivity index (χ0v) is 9.87. The summed E-state index contributed by atoms with van der Waals surface area (Å²) in [6.45, 7) is 4.12. The minimum Gasteiger partial charge on any atom is -0.379 e. The number of hydrogen-bond acceptors (Lipinski definition) is 2. The second-order valence-electron chi connectivity index (χ2n) is 4.70. The van der Waals surface area contributed by atoms with Crippen LogP contribution in [0.5, 0.6) is 0 Å². The highest BCUT2D eigenvalue weighted by atomic mass is 16.3. The lowest BCUT2D eigenvalue weighted by Gasteiger charge is -2.31. The van der Waals surface area contributed by atoms with Crippen LogP contribution in [0.25, 0.3) is 0 Å². The van der Waals surface area contributed by atoms with E-state index in [2.05, 4.69) is 18.9 Å². The third-order valence-corrected chi connectivity index (χ3v) is 3.66. The number of nitrogens with zero attached hydrogens (tertiary/aromatic N) is 1. The molecule has 0 aliphatic heterocycles. The second kappa shape index (κ2) is 5.72. The van der Waals surface area contributed by atoms with Crippen LogP contribution in [-0.2, 0) is 0 Å². The quantitative estimate of drug-likeness (QED) is 0.688. The summed E-state index contributed by atoms with van der Waals surface area (Å²) in [5.74, 6) is 0.828. The minimum absolute atomic E-state index is 0.290. The van der Waals surface area contributed by atoms with Crippen molar-refractivity contribution in [3.8, 4) is 0 Å². The number of rotatable bonds is 5. The van der Waals surface area contributed by atoms with Gasteiger partial charge in [-0.15, -0.1) is 0 Å². The smallest absolute Gasteiger partial charge is 0.104 e. The molecule has 1 aliphatic rings. The maximum absolute atomic E-state index is 9.55. The Hall–Kier alpha value is -0.0800. The molecule has 1 N–H and O–H groups in total. The van der Waals surface area contributed by atoms with E-state index in [0.29, 0.717) is 6.04 Å². The molecule has 0 aromatic rings. The summed E-state index contributed by atoms with van der Waals surface area (Å²) in [6.07, 6.45) is 7.67. The Morgan fingerprint density at radius 3 is 2.71 bits per heavy atom. The first-order valence-corrected chi connectivity index (χ1v) is 6.06. The minimum atomic E-state index is -0.290. The molecule has 2 nitrogen and oxygen atoms in total. The zero-order chi connectivity index (χ0) is 10.6. The van der Waals surface area contributed by atoms with E-state index in [9.17, 15) is 5.11 Å². The van der Waals surface area contributed by atoms with Crippen molar-refractivity contribution in [3.05, 3.63) is 0 Å². The molecule has 0 saturated heterocycles. The monoisotopic (exact) mass is 199 g/mol. The maximum Gasteiger partial charge on any atom is 0.104 e. The Balaban J connectivity index is 2.42. The van der Waals surface area contributed by atoms with Crippen LogP contribution in [0.15, 0.2) is 0 Å². The molecule has 84 valence electrons. The van der Waals surface area contributed by atoms with Gasteiger partial charge in [0.15, 0.2) is 0 Å². The molecular weight excluding hydrogens is 174 g/mol.